The lowest BCUT2D eigenvalue weighted by atomic mass is 10.2. The minimum Gasteiger partial charge on any atom is -0.463 e. The molecule has 1 aliphatic rings. The summed E-state index contributed by atoms with van der Waals surface area (Å²) in [6, 6.07) is 7.33. The molecule has 1 aromatic carbocycles. The number of nitrogens with one attached hydrogen (secondary N) is 1. The highest BCUT2D eigenvalue weighted by molar-refractivity contribution is 7.71. The first-order chi connectivity index (χ1) is 10.1. The van der Waals surface area contributed by atoms with E-state index >= 15 is 0 Å². The van der Waals surface area contributed by atoms with Crippen molar-refractivity contribution in [3.8, 4) is 11.4 Å². The number of carbonyl (C=O) groups excluding carboxylic acids is 1. The molecule has 1 aromatic heterocycles. The molecule has 0 amide bonds. The number of nitrogens with zero attached hydrogens (tertiary/aromatic N) is 2. The van der Waals surface area contributed by atoms with E-state index in [1.807, 2.05) is 12.1 Å². The number of carbonyl (C=O) groups is 1. The number of hydrogen-bond acceptors (Lipinski definition) is 4. The molecule has 2 aromatic rings. The first kappa shape index (κ1) is 14.3. The number of benzene rings is 1. The summed E-state index contributed by atoms with van der Waals surface area (Å²) in [5, 5.41) is 3.77. The molecule has 0 bridgehead atoms. The maximum Gasteiger partial charge on any atom is 0.308 e. The number of rotatable bonds is 5. The van der Waals surface area contributed by atoms with Crippen LogP contribution in [-0.4, -0.2) is 27.3 Å². The molecule has 1 fully saturated rings. The van der Waals surface area contributed by atoms with Gasteiger partial charge >= 0.3 is 5.97 Å². The van der Waals surface area contributed by atoms with E-state index in [9.17, 15) is 4.79 Å². The third-order valence-electron chi connectivity index (χ3n) is 3.27. The Morgan fingerprint density at radius 2 is 2.14 bits per heavy atom. The van der Waals surface area contributed by atoms with E-state index in [1.165, 1.54) is 0 Å². The lowest BCUT2D eigenvalue weighted by Gasteiger charge is -2.04. The number of aromatic nitrogens is 3. The molecule has 0 radical (unpaired) electrons. The third kappa shape index (κ3) is 3.51. The summed E-state index contributed by atoms with van der Waals surface area (Å²) in [5.41, 5.74) is 0.902. The van der Waals surface area contributed by atoms with Gasteiger partial charge in [0.1, 0.15) is 6.61 Å². The second-order valence-corrected chi connectivity index (χ2v) is 5.76. The van der Waals surface area contributed by atoms with Gasteiger partial charge in [0.05, 0.1) is 12.5 Å². The Hall–Kier alpha value is -1.66. The van der Waals surface area contributed by atoms with E-state index in [2.05, 4.69) is 10.1 Å². The van der Waals surface area contributed by atoms with Gasteiger partial charge < -0.3 is 4.74 Å². The van der Waals surface area contributed by atoms with Crippen LogP contribution in [0.25, 0.3) is 11.4 Å². The first-order valence-electron chi connectivity index (χ1n) is 6.73. The van der Waals surface area contributed by atoms with Crippen molar-refractivity contribution < 1.29 is 9.53 Å². The second kappa shape index (κ2) is 5.99. The number of aromatic amines is 1. The van der Waals surface area contributed by atoms with Gasteiger partial charge in [-0.15, -0.1) is 0 Å². The van der Waals surface area contributed by atoms with Crippen molar-refractivity contribution >= 4 is 29.8 Å². The molecular formula is C14H14ClN3O2S. The zero-order chi connectivity index (χ0) is 14.8. The van der Waals surface area contributed by atoms with Crippen molar-refractivity contribution in [3.05, 3.63) is 34.1 Å². The van der Waals surface area contributed by atoms with Gasteiger partial charge in [0.25, 0.3) is 0 Å². The topological polar surface area (TPSA) is 59.9 Å². The van der Waals surface area contributed by atoms with Gasteiger partial charge in [0.15, 0.2) is 5.82 Å². The Kier molecular flexibility index (Phi) is 4.07. The summed E-state index contributed by atoms with van der Waals surface area (Å²) >= 11 is 11.1. The average molecular weight is 324 g/mol. The Bertz CT molecular complexity index is 704. The van der Waals surface area contributed by atoms with E-state index < -0.39 is 0 Å². The molecule has 1 aliphatic carbocycles. The fourth-order valence-electron chi connectivity index (χ4n) is 1.92. The highest BCUT2D eigenvalue weighted by Crippen LogP contribution is 2.30. The molecule has 1 N–H and O–H groups in total. The summed E-state index contributed by atoms with van der Waals surface area (Å²) in [6.07, 6.45) is 1.89. The third-order valence-corrected chi connectivity index (χ3v) is 3.83. The maximum absolute atomic E-state index is 11.4. The van der Waals surface area contributed by atoms with Crippen molar-refractivity contribution in [2.24, 2.45) is 5.92 Å². The Balaban J connectivity index is 1.65. The lowest BCUT2D eigenvalue weighted by Crippen LogP contribution is -2.13. The van der Waals surface area contributed by atoms with E-state index in [0.717, 1.165) is 18.4 Å². The molecule has 5 nitrogen and oxygen atoms in total. The zero-order valence-electron chi connectivity index (χ0n) is 11.2. The Morgan fingerprint density at radius 3 is 2.81 bits per heavy atom. The van der Waals surface area contributed by atoms with Crippen LogP contribution in [0.5, 0.6) is 0 Å². The van der Waals surface area contributed by atoms with Gasteiger partial charge in [-0.25, -0.2) is 0 Å². The van der Waals surface area contributed by atoms with Crippen LogP contribution in [0.1, 0.15) is 12.8 Å². The number of H-pyrrole nitrogens is 1. The minimum atomic E-state index is -0.112. The monoisotopic (exact) mass is 323 g/mol. The van der Waals surface area contributed by atoms with Crippen molar-refractivity contribution in [1.29, 1.82) is 0 Å². The molecule has 1 heterocycles. The quantitative estimate of drug-likeness (QED) is 0.678. The van der Waals surface area contributed by atoms with Gasteiger partial charge in [-0.3, -0.25) is 14.6 Å². The van der Waals surface area contributed by atoms with E-state index in [4.69, 9.17) is 28.6 Å². The van der Waals surface area contributed by atoms with Crippen LogP contribution in [0.2, 0.25) is 5.02 Å². The molecule has 0 spiro atoms. The standard InChI is InChI=1S/C14H14ClN3O2S/c15-11-5-3-9(4-6-11)12-16-14(21)18(17-12)7-8-20-13(19)10-1-2-10/h3-6,10H,1-2,7-8H2,(H,16,17,21). The molecule has 0 saturated heterocycles. The number of halogens is 1. The summed E-state index contributed by atoms with van der Waals surface area (Å²) in [6.45, 7) is 0.768. The van der Waals surface area contributed by atoms with Crippen LogP contribution in [0.3, 0.4) is 0 Å². The van der Waals surface area contributed by atoms with Crippen LogP contribution < -0.4 is 0 Å². The summed E-state index contributed by atoms with van der Waals surface area (Å²) in [4.78, 5) is 15.7. The van der Waals surface area contributed by atoms with Crippen LogP contribution in [-0.2, 0) is 16.1 Å². The fourth-order valence-corrected chi connectivity index (χ4v) is 2.27. The summed E-state index contributed by atoms with van der Waals surface area (Å²) < 4.78 is 7.31. The molecular weight excluding hydrogens is 310 g/mol. The highest BCUT2D eigenvalue weighted by Gasteiger charge is 2.31. The number of esters is 1. The maximum atomic E-state index is 11.4. The van der Waals surface area contributed by atoms with Gasteiger partial charge in [0.2, 0.25) is 4.77 Å². The molecule has 0 atom stereocenters. The van der Waals surface area contributed by atoms with Crippen LogP contribution >= 0.6 is 23.8 Å². The van der Waals surface area contributed by atoms with Crippen molar-refractivity contribution in [2.45, 2.75) is 19.4 Å². The van der Waals surface area contributed by atoms with Crippen LogP contribution in [0, 0.1) is 10.7 Å². The zero-order valence-corrected chi connectivity index (χ0v) is 12.8. The SMILES string of the molecule is O=C(OCCn1[nH]c(-c2ccc(Cl)cc2)nc1=S)C1CC1. The lowest BCUT2D eigenvalue weighted by molar-refractivity contribution is -0.145. The first-order valence-corrected chi connectivity index (χ1v) is 7.51. The van der Waals surface area contributed by atoms with E-state index in [-0.39, 0.29) is 11.9 Å². The normalized spacial score (nSPS) is 14.1. The van der Waals surface area contributed by atoms with E-state index in [1.54, 1.807) is 16.8 Å². The van der Waals surface area contributed by atoms with E-state index in [0.29, 0.717) is 28.8 Å². The number of ether oxygens (including phenoxy) is 1. The average Bonchev–Trinajstić information content (AvgIpc) is 3.25. The molecule has 21 heavy (non-hydrogen) atoms. The van der Waals surface area contributed by atoms with Gasteiger partial charge in [0, 0.05) is 10.6 Å². The van der Waals surface area contributed by atoms with Gasteiger partial charge in [-0.2, -0.15) is 4.98 Å². The Morgan fingerprint density at radius 1 is 1.43 bits per heavy atom. The van der Waals surface area contributed by atoms with Crippen molar-refractivity contribution in [2.75, 3.05) is 6.61 Å². The predicted molar refractivity (Wildman–Crippen MR) is 81.5 cm³/mol. The van der Waals surface area contributed by atoms with Gasteiger partial charge in [-0.1, -0.05) is 11.6 Å². The summed E-state index contributed by atoms with van der Waals surface area (Å²) in [7, 11) is 0. The molecule has 0 aliphatic heterocycles. The minimum absolute atomic E-state index is 0.112. The fraction of sp³-hybridized carbons (Fsp3) is 0.357. The predicted octanol–water partition coefficient (Wildman–Crippen LogP) is 3.21. The van der Waals surface area contributed by atoms with Crippen molar-refractivity contribution in [3.63, 3.8) is 0 Å². The Labute approximate surface area is 131 Å². The van der Waals surface area contributed by atoms with Gasteiger partial charge in [-0.05, 0) is 49.3 Å². The molecule has 7 heteroatoms. The molecule has 3 rings (SSSR count). The number of hydrogen-bond donors (Lipinski definition) is 1. The second-order valence-electron chi connectivity index (χ2n) is 4.96. The van der Waals surface area contributed by atoms with Crippen LogP contribution in [0.4, 0.5) is 0 Å². The summed E-state index contributed by atoms with van der Waals surface area (Å²) in [5.74, 6) is 0.675. The van der Waals surface area contributed by atoms with Crippen molar-refractivity contribution in [1.82, 2.24) is 14.8 Å². The molecule has 1 saturated carbocycles. The highest BCUT2D eigenvalue weighted by atomic mass is 35.5. The van der Waals surface area contributed by atoms with Crippen LogP contribution in [0.15, 0.2) is 24.3 Å². The largest absolute Gasteiger partial charge is 0.463 e. The molecule has 110 valence electrons. The smallest absolute Gasteiger partial charge is 0.308 e. The molecule has 0 unspecified atom stereocenters.